The quantitative estimate of drug-likeness (QED) is 0.567. The summed E-state index contributed by atoms with van der Waals surface area (Å²) in [6.45, 7) is 0.714. The van der Waals surface area contributed by atoms with Crippen molar-refractivity contribution in [1.29, 1.82) is 0 Å². The van der Waals surface area contributed by atoms with Crippen molar-refractivity contribution in [2.75, 3.05) is 11.1 Å². The lowest BCUT2D eigenvalue weighted by Crippen LogP contribution is -2.06. The molecule has 0 unspecified atom stereocenters. The molecule has 3 heterocycles. The number of nitrogen functional groups attached to an aromatic ring is 1. The summed E-state index contributed by atoms with van der Waals surface area (Å²) < 4.78 is 3.36. The van der Waals surface area contributed by atoms with Crippen LogP contribution in [0.4, 0.5) is 5.95 Å². The van der Waals surface area contributed by atoms with Gasteiger partial charge in [0.05, 0.1) is 18.1 Å². The predicted octanol–water partition coefficient (Wildman–Crippen LogP) is 2.12. The summed E-state index contributed by atoms with van der Waals surface area (Å²) in [4.78, 5) is 9.02. The maximum atomic E-state index is 6.03. The van der Waals surface area contributed by atoms with Crippen molar-refractivity contribution < 1.29 is 0 Å². The minimum Gasteiger partial charge on any atom is -0.368 e. The van der Waals surface area contributed by atoms with E-state index >= 15 is 0 Å². The Bertz CT molecular complexity index is 958. The van der Waals surface area contributed by atoms with E-state index in [-0.39, 0.29) is 0 Å². The van der Waals surface area contributed by atoms with Gasteiger partial charge in [-0.2, -0.15) is 14.6 Å². The van der Waals surface area contributed by atoms with Crippen LogP contribution in [-0.4, -0.2) is 34.7 Å². The molecule has 0 aliphatic rings. The Morgan fingerprint density at radius 1 is 1.09 bits per heavy atom. The number of hydrogen-bond acceptors (Lipinski definition) is 5. The Hall–Kier alpha value is -2.48. The molecule has 22 heavy (non-hydrogen) atoms. The highest BCUT2D eigenvalue weighted by molar-refractivity contribution is 9.09. The number of nitrogens with zero attached hydrogens (tertiary/aromatic N) is 6. The molecule has 0 aliphatic heterocycles. The summed E-state index contributed by atoms with van der Waals surface area (Å²) in [5.41, 5.74) is 8.36. The number of fused-ring (bicyclic) bond motifs is 3. The maximum absolute atomic E-state index is 6.03. The largest absolute Gasteiger partial charge is 0.368 e. The number of aromatic nitrogens is 6. The maximum Gasteiger partial charge on any atom is 0.225 e. The number of alkyl halides is 1. The Balaban J connectivity index is 1.99. The zero-order valence-corrected chi connectivity index (χ0v) is 13.1. The van der Waals surface area contributed by atoms with E-state index in [4.69, 9.17) is 5.73 Å². The number of rotatable bonds is 3. The lowest BCUT2D eigenvalue weighted by Gasteiger charge is -2.01. The monoisotopic (exact) mass is 357 g/mol. The molecule has 0 saturated heterocycles. The van der Waals surface area contributed by atoms with Gasteiger partial charge in [0, 0.05) is 10.9 Å². The van der Waals surface area contributed by atoms with Gasteiger partial charge in [-0.05, 0) is 0 Å². The van der Waals surface area contributed by atoms with Crippen LogP contribution in [0, 0.1) is 0 Å². The highest BCUT2D eigenvalue weighted by Crippen LogP contribution is 2.23. The Labute approximate surface area is 133 Å². The van der Waals surface area contributed by atoms with Crippen LogP contribution in [-0.2, 0) is 6.54 Å². The van der Waals surface area contributed by atoms with Crippen LogP contribution in [0.25, 0.3) is 28.1 Å². The van der Waals surface area contributed by atoms with Crippen LogP contribution in [0.5, 0.6) is 0 Å². The average molecular weight is 358 g/mol. The highest BCUT2D eigenvalue weighted by Gasteiger charge is 2.15. The first-order chi connectivity index (χ1) is 10.8. The van der Waals surface area contributed by atoms with Gasteiger partial charge in [0.25, 0.3) is 0 Å². The summed E-state index contributed by atoms with van der Waals surface area (Å²) in [5.74, 6) is 0.920. The van der Waals surface area contributed by atoms with E-state index in [0.717, 1.165) is 21.9 Å². The van der Waals surface area contributed by atoms with E-state index in [1.807, 2.05) is 30.3 Å². The summed E-state index contributed by atoms with van der Waals surface area (Å²) in [6.07, 6.45) is 1.75. The summed E-state index contributed by atoms with van der Waals surface area (Å²) >= 11 is 3.41. The van der Waals surface area contributed by atoms with Crippen LogP contribution >= 0.6 is 15.9 Å². The van der Waals surface area contributed by atoms with Crippen molar-refractivity contribution in [1.82, 2.24) is 29.4 Å². The summed E-state index contributed by atoms with van der Waals surface area (Å²) in [5, 5.41) is 10.4. The van der Waals surface area contributed by atoms with Crippen molar-refractivity contribution in [2.45, 2.75) is 6.54 Å². The van der Waals surface area contributed by atoms with Crippen LogP contribution in [0.1, 0.15) is 0 Å². The number of anilines is 1. The van der Waals surface area contributed by atoms with Gasteiger partial charge >= 0.3 is 0 Å². The summed E-state index contributed by atoms with van der Waals surface area (Å²) in [7, 11) is 0. The van der Waals surface area contributed by atoms with E-state index in [9.17, 15) is 0 Å². The minimum atomic E-state index is 0.300. The lowest BCUT2D eigenvalue weighted by atomic mass is 10.2. The molecule has 1 aromatic carbocycles. The number of aryl methyl sites for hydroxylation is 1. The first-order valence-corrected chi connectivity index (χ1v) is 7.89. The van der Waals surface area contributed by atoms with Gasteiger partial charge in [-0.3, -0.25) is 0 Å². The topological polar surface area (TPSA) is 86.9 Å². The van der Waals surface area contributed by atoms with Gasteiger partial charge in [0.15, 0.2) is 17.1 Å². The molecule has 0 atom stereocenters. The molecule has 3 aromatic heterocycles. The molecule has 0 aliphatic carbocycles. The molecule has 0 saturated carbocycles. The van der Waals surface area contributed by atoms with E-state index < -0.39 is 0 Å². The standard InChI is InChI=1S/C14H12BrN7/c15-6-7-21-12-10(8-17-21)13-18-11(9-4-2-1-3-5-9)20-22(13)14(16)19-12/h1-5,8H,6-7H2,(H2,16,19). The third kappa shape index (κ3) is 1.95. The smallest absolute Gasteiger partial charge is 0.225 e. The van der Waals surface area contributed by atoms with Gasteiger partial charge in [0.1, 0.15) is 0 Å². The Kier molecular flexibility index (Phi) is 3.04. The zero-order chi connectivity index (χ0) is 15.1. The molecule has 4 rings (SSSR count). The number of benzene rings is 1. The van der Waals surface area contributed by atoms with Gasteiger partial charge in [-0.1, -0.05) is 46.3 Å². The molecular formula is C14H12BrN7. The SMILES string of the molecule is Nc1nc2c(cnn2CCBr)c2nc(-c3ccccc3)nn12. The molecule has 0 fully saturated rings. The van der Waals surface area contributed by atoms with E-state index in [0.29, 0.717) is 24.0 Å². The highest BCUT2D eigenvalue weighted by atomic mass is 79.9. The second-order valence-electron chi connectivity index (χ2n) is 4.80. The van der Waals surface area contributed by atoms with E-state index in [2.05, 4.69) is 36.1 Å². The molecule has 2 N–H and O–H groups in total. The van der Waals surface area contributed by atoms with Crippen molar-refractivity contribution in [2.24, 2.45) is 0 Å². The third-order valence-electron chi connectivity index (χ3n) is 3.43. The number of nitrogens with two attached hydrogens (primary N) is 1. The molecular weight excluding hydrogens is 346 g/mol. The van der Waals surface area contributed by atoms with Crippen molar-refractivity contribution in [3.05, 3.63) is 36.5 Å². The van der Waals surface area contributed by atoms with Crippen molar-refractivity contribution in [3.8, 4) is 11.4 Å². The molecule has 0 radical (unpaired) electrons. The van der Waals surface area contributed by atoms with Crippen LogP contribution in [0.3, 0.4) is 0 Å². The van der Waals surface area contributed by atoms with Gasteiger partial charge < -0.3 is 5.73 Å². The molecule has 7 nitrogen and oxygen atoms in total. The first-order valence-electron chi connectivity index (χ1n) is 6.77. The fourth-order valence-corrected chi connectivity index (χ4v) is 2.75. The summed E-state index contributed by atoms with van der Waals surface area (Å²) in [6, 6.07) is 9.78. The fourth-order valence-electron chi connectivity index (χ4n) is 2.41. The van der Waals surface area contributed by atoms with Crippen LogP contribution in [0.2, 0.25) is 0 Å². The fraction of sp³-hybridized carbons (Fsp3) is 0.143. The predicted molar refractivity (Wildman–Crippen MR) is 87.7 cm³/mol. The van der Waals surface area contributed by atoms with Gasteiger partial charge in [-0.15, -0.1) is 5.10 Å². The van der Waals surface area contributed by atoms with Gasteiger partial charge in [-0.25, -0.2) is 9.67 Å². The Morgan fingerprint density at radius 2 is 1.91 bits per heavy atom. The molecule has 0 amide bonds. The van der Waals surface area contributed by atoms with E-state index in [1.165, 1.54) is 0 Å². The first kappa shape index (κ1) is 13.2. The Morgan fingerprint density at radius 3 is 2.68 bits per heavy atom. The van der Waals surface area contributed by atoms with Crippen LogP contribution in [0.15, 0.2) is 36.5 Å². The van der Waals surface area contributed by atoms with Crippen molar-refractivity contribution in [3.63, 3.8) is 0 Å². The molecule has 8 heteroatoms. The zero-order valence-electron chi connectivity index (χ0n) is 11.5. The second kappa shape index (κ2) is 5.06. The van der Waals surface area contributed by atoms with Crippen molar-refractivity contribution >= 4 is 38.6 Å². The molecule has 0 spiro atoms. The average Bonchev–Trinajstić information content (AvgIpc) is 3.14. The molecule has 0 bridgehead atoms. The van der Waals surface area contributed by atoms with E-state index in [1.54, 1.807) is 15.4 Å². The molecule has 4 aromatic rings. The van der Waals surface area contributed by atoms with Gasteiger partial charge in [0.2, 0.25) is 5.95 Å². The normalized spacial score (nSPS) is 11.5. The number of hydrogen-bond donors (Lipinski definition) is 1. The lowest BCUT2D eigenvalue weighted by molar-refractivity contribution is 0.685. The number of halogens is 1. The van der Waals surface area contributed by atoms with Crippen LogP contribution < -0.4 is 5.73 Å². The minimum absolute atomic E-state index is 0.300. The third-order valence-corrected chi connectivity index (χ3v) is 3.78. The second-order valence-corrected chi connectivity index (χ2v) is 5.59. The molecule has 110 valence electrons.